The lowest BCUT2D eigenvalue weighted by molar-refractivity contribution is -0.137. The zero-order valence-corrected chi connectivity index (χ0v) is 9.73. The molecule has 6 nitrogen and oxygen atoms in total. The molecule has 92 valence electrons. The number of anilines is 1. The van der Waals surface area contributed by atoms with Crippen molar-refractivity contribution in [3.05, 3.63) is 24.0 Å². The minimum atomic E-state index is -0.949. The molecule has 1 heterocycles. The van der Waals surface area contributed by atoms with Crippen molar-refractivity contribution in [2.75, 3.05) is 5.32 Å². The van der Waals surface area contributed by atoms with Crippen molar-refractivity contribution in [1.82, 2.24) is 10.3 Å². The molecule has 2 amide bonds. The van der Waals surface area contributed by atoms with Crippen molar-refractivity contribution in [3.8, 4) is 0 Å². The van der Waals surface area contributed by atoms with Crippen LogP contribution in [0.2, 0.25) is 0 Å². The summed E-state index contributed by atoms with van der Waals surface area (Å²) < 4.78 is 0. The van der Waals surface area contributed by atoms with E-state index in [1.165, 1.54) is 6.20 Å². The maximum atomic E-state index is 11.4. The summed E-state index contributed by atoms with van der Waals surface area (Å²) in [5.74, 6) is -0.949. The molecule has 0 aliphatic rings. The van der Waals surface area contributed by atoms with Crippen molar-refractivity contribution >= 4 is 17.7 Å². The predicted molar refractivity (Wildman–Crippen MR) is 62.8 cm³/mol. The second-order valence-electron chi connectivity index (χ2n) is 3.79. The van der Waals surface area contributed by atoms with Gasteiger partial charge < -0.3 is 15.7 Å². The molecule has 1 atom stereocenters. The van der Waals surface area contributed by atoms with Gasteiger partial charge in [0.25, 0.3) is 0 Å². The Bertz CT molecular complexity index is 403. The monoisotopic (exact) mass is 237 g/mol. The largest absolute Gasteiger partial charge is 0.481 e. The zero-order valence-electron chi connectivity index (χ0n) is 9.73. The average Bonchev–Trinajstić information content (AvgIpc) is 2.19. The van der Waals surface area contributed by atoms with E-state index in [1.54, 1.807) is 19.1 Å². The van der Waals surface area contributed by atoms with Crippen molar-refractivity contribution in [2.45, 2.75) is 26.3 Å². The number of amides is 2. The molecular weight excluding hydrogens is 222 g/mol. The van der Waals surface area contributed by atoms with E-state index in [1.807, 2.05) is 6.92 Å². The van der Waals surface area contributed by atoms with Gasteiger partial charge in [0.2, 0.25) is 0 Å². The minimum Gasteiger partial charge on any atom is -0.481 e. The normalized spacial score (nSPS) is 11.6. The number of aliphatic carboxylic acids is 1. The van der Waals surface area contributed by atoms with E-state index in [4.69, 9.17) is 5.11 Å². The third-order valence-electron chi connectivity index (χ3n) is 2.03. The van der Waals surface area contributed by atoms with Gasteiger partial charge >= 0.3 is 12.0 Å². The van der Waals surface area contributed by atoms with Gasteiger partial charge in [0.05, 0.1) is 18.3 Å². The highest BCUT2D eigenvalue weighted by molar-refractivity contribution is 5.89. The van der Waals surface area contributed by atoms with Crippen molar-refractivity contribution in [2.24, 2.45) is 0 Å². The maximum absolute atomic E-state index is 11.4. The Labute approximate surface area is 99.1 Å². The van der Waals surface area contributed by atoms with Gasteiger partial charge in [-0.25, -0.2) is 4.79 Å². The Morgan fingerprint density at radius 1 is 1.47 bits per heavy atom. The summed E-state index contributed by atoms with van der Waals surface area (Å²) in [6.45, 7) is 3.47. The Kier molecular flexibility index (Phi) is 4.45. The number of nitrogens with one attached hydrogen (secondary N) is 2. The first-order valence-electron chi connectivity index (χ1n) is 5.19. The van der Waals surface area contributed by atoms with Gasteiger partial charge in [-0.05, 0) is 26.0 Å². The molecule has 1 aromatic heterocycles. The molecule has 0 bridgehead atoms. The average molecular weight is 237 g/mol. The molecule has 6 heteroatoms. The smallest absolute Gasteiger partial charge is 0.319 e. The number of hydrogen-bond donors (Lipinski definition) is 3. The Hall–Kier alpha value is -2.11. The molecule has 0 saturated carbocycles. The summed E-state index contributed by atoms with van der Waals surface area (Å²) in [5.41, 5.74) is 1.42. The maximum Gasteiger partial charge on any atom is 0.319 e. The van der Waals surface area contributed by atoms with Crippen LogP contribution < -0.4 is 10.6 Å². The van der Waals surface area contributed by atoms with E-state index < -0.39 is 18.0 Å². The molecule has 0 spiro atoms. The van der Waals surface area contributed by atoms with Gasteiger partial charge in [-0.15, -0.1) is 0 Å². The fourth-order valence-corrected chi connectivity index (χ4v) is 1.25. The lowest BCUT2D eigenvalue weighted by atomic mass is 10.2. The number of aromatic nitrogens is 1. The molecule has 0 saturated heterocycles. The second-order valence-corrected chi connectivity index (χ2v) is 3.79. The van der Waals surface area contributed by atoms with Crippen molar-refractivity contribution < 1.29 is 14.7 Å². The minimum absolute atomic E-state index is 0.112. The topological polar surface area (TPSA) is 91.3 Å². The number of aryl methyl sites for hydroxylation is 1. The van der Waals surface area contributed by atoms with Crippen molar-refractivity contribution in [3.63, 3.8) is 0 Å². The highest BCUT2D eigenvalue weighted by atomic mass is 16.4. The van der Waals surface area contributed by atoms with Gasteiger partial charge in [0.1, 0.15) is 0 Å². The predicted octanol–water partition coefficient (Wildman–Crippen LogP) is 1.37. The van der Waals surface area contributed by atoms with Gasteiger partial charge in [-0.1, -0.05) is 0 Å². The molecule has 3 N–H and O–H groups in total. The molecular formula is C11H15N3O3. The summed E-state index contributed by atoms with van der Waals surface area (Å²) >= 11 is 0. The van der Waals surface area contributed by atoms with Crippen LogP contribution in [0.5, 0.6) is 0 Å². The SMILES string of the molecule is Cc1ccc(NC(=O)NC(C)CC(=O)O)cn1. The number of hydrogen-bond acceptors (Lipinski definition) is 3. The molecule has 1 aromatic rings. The Balaban J connectivity index is 2.44. The lowest BCUT2D eigenvalue weighted by Crippen LogP contribution is -2.37. The first-order chi connectivity index (χ1) is 7.97. The molecule has 1 unspecified atom stereocenters. The van der Waals surface area contributed by atoms with Crippen LogP contribution in [0.15, 0.2) is 18.3 Å². The summed E-state index contributed by atoms with van der Waals surface area (Å²) in [5, 5.41) is 13.6. The van der Waals surface area contributed by atoms with Gasteiger partial charge in [0.15, 0.2) is 0 Å². The van der Waals surface area contributed by atoms with Gasteiger partial charge in [0, 0.05) is 11.7 Å². The molecule has 0 aromatic carbocycles. The van der Waals surface area contributed by atoms with Gasteiger partial charge in [-0.3, -0.25) is 9.78 Å². The van der Waals surface area contributed by atoms with Crippen LogP contribution in [0.25, 0.3) is 0 Å². The van der Waals surface area contributed by atoms with E-state index in [-0.39, 0.29) is 6.42 Å². The summed E-state index contributed by atoms with van der Waals surface area (Å²) in [6, 6.07) is 2.63. The highest BCUT2D eigenvalue weighted by Gasteiger charge is 2.10. The number of carbonyl (C=O) groups is 2. The Morgan fingerprint density at radius 3 is 2.71 bits per heavy atom. The highest BCUT2D eigenvalue weighted by Crippen LogP contribution is 2.05. The first-order valence-corrected chi connectivity index (χ1v) is 5.19. The fraction of sp³-hybridized carbons (Fsp3) is 0.364. The lowest BCUT2D eigenvalue weighted by Gasteiger charge is -2.12. The number of nitrogens with zero attached hydrogens (tertiary/aromatic N) is 1. The number of urea groups is 1. The quantitative estimate of drug-likeness (QED) is 0.737. The molecule has 17 heavy (non-hydrogen) atoms. The molecule has 0 radical (unpaired) electrons. The number of carboxylic acids is 1. The van der Waals surface area contributed by atoms with Crippen molar-refractivity contribution in [1.29, 1.82) is 0 Å². The Morgan fingerprint density at radius 2 is 2.18 bits per heavy atom. The standard InChI is InChI=1S/C11H15N3O3/c1-7-3-4-9(6-12-7)14-11(17)13-8(2)5-10(15)16/h3-4,6,8H,5H2,1-2H3,(H,15,16)(H2,13,14,17). The van der Waals surface area contributed by atoms with E-state index in [0.29, 0.717) is 5.69 Å². The number of carbonyl (C=O) groups excluding carboxylic acids is 1. The van der Waals surface area contributed by atoms with E-state index >= 15 is 0 Å². The number of pyridine rings is 1. The molecule has 0 aliphatic carbocycles. The first kappa shape index (κ1) is 13.0. The van der Waals surface area contributed by atoms with Crippen LogP contribution in [0, 0.1) is 6.92 Å². The summed E-state index contributed by atoms with van der Waals surface area (Å²) in [4.78, 5) is 25.9. The zero-order chi connectivity index (χ0) is 12.8. The van der Waals surface area contributed by atoms with Crippen LogP contribution in [-0.2, 0) is 4.79 Å². The summed E-state index contributed by atoms with van der Waals surface area (Å²) in [7, 11) is 0. The van der Waals surface area contributed by atoms with E-state index in [9.17, 15) is 9.59 Å². The number of rotatable bonds is 4. The molecule has 1 rings (SSSR count). The number of carboxylic acid groups (broad SMARTS) is 1. The van der Waals surface area contributed by atoms with Crippen LogP contribution >= 0.6 is 0 Å². The third-order valence-corrected chi connectivity index (χ3v) is 2.03. The van der Waals surface area contributed by atoms with E-state index in [0.717, 1.165) is 5.69 Å². The van der Waals surface area contributed by atoms with Crippen LogP contribution in [0.1, 0.15) is 19.0 Å². The summed E-state index contributed by atoms with van der Waals surface area (Å²) in [6.07, 6.45) is 1.43. The van der Waals surface area contributed by atoms with Crippen LogP contribution in [-0.4, -0.2) is 28.1 Å². The second kappa shape index (κ2) is 5.83. The molecule has 0 fully saturated rings. The van der Waals surface area contributed by atoms with Crippen LogP contribution in [0.3, 0.4) is 0 Å². The van der Waals surface area contributed by atoms with Crippen LogP contribution in [0.4, 0.5) is 10.5 Å². The fourth-order valence-electron chi connectivity index (χ4n) is 1.25. The van der Waals surface area contributed by atoms with E-state index in [2.05, 4.69) is 15.6 Å². The van der Waals surface area contributed by atoms with Gasteiger partial charge in [-0.2, -0.15) is 0 Å². The third kappa shape index (κ3) is 4.96. The molecule has 0 aliphatic heterocycles.